The van der Waals surface area contributed by atoms with Gasteiger partial charge in [0, 0.05) is 25.1 Å². The van der Waals surface area contributed by atoms with Gasteiger partial charge >= 0.3 is 0 Å². The summed E-state index contributed by atoms with van der Waals surface area (Å²) >= 11 is 0. The third-order valence-corrected chi connectivity index (χ3v) is 2.50. The molecule has 0 aliphatic rings. The molecule has 0 bridgehead atoms. The molecule has 1 heterocycles. The van der Waals surface area contributed by atoms with Gasteiger partial charge in [-0.2, -0.15) is 0 Å². The average molecular weight is 255 g/mol. The summed E-state index contributed by atoms with van der Waals surface area (Å²) in [6.07, 6.45) is 2.81. The molecule has 0 unspecified atom stereocenters. The maximum Gasteiger partial charge on any atom is 0.235 e. The van der Waals surface area contributed by atoms with Crippen molar-refractivity contribution >= 4 is 11.7 Å². The number of hydrazine groups is 1. The van der Waals surface area contributed by atoms with Crippen molar-refractivity contribution in [3.63, 3.8) is 0 Å². The Labute approximate surface area is 112 Å². The van der Waals surface area contributed by atoms with Gasteiger partial charge in [-0.05, 0) is 6.92 Å². The molecule has 2 rings (SSSR count). The number of rotatable bonds is 4. The van der Waals surface area contributed by atoms with E-state index in [-0.39, 0.29) is 5.91 Å². The molecule has 1 N–H and O–H groups in total. The number of hydrogen-bond acceptors (Lipinski definition) is 4. The van der Waals surface area contributed by atoms with Crippen molar-refractivity contribution in [2.75, 3.05) is 11.6 Å². The Morgan fingerprint density at radius 2 is 2.11 bits per heavy atom. The van der Waals surface area contributed by atoms with E-state index >= 15 is 0 Å². The minimum atomic E-state index is -0.137. The predicted molar refractivity (Wildman–Crippen MR) is 73.1 cm³/mol. The summed E-state index contributed by atoms with van der Waals surface area (Å²) < 4.78 is 0. The molecule has 0 saturated carbocycles. The summed E-state index contributed by atoms with van der Waals surface area (Å²) in [7, 11) is 0. The number of carbonyl (C=O) groups excluding carboxylic acids is 1. The molecule has 0 aliphatic carbocycles. The SMILES string of the molecule is CCN(NC(C)=O)c1c[c]nc(-c2ccccc2)n1. The lowest BCUT2D eigenvalue weighted by molar-refractivity contribution is -0.119. The number of aromatic nitrogens is 2. The molecule has 0 saturated heterocycles. The van der Waals surface area contributed by atoms with Gasteiger partial charge in [-0.15, -0.1) is 0 Å². The first-order valence-corrected chi connectivity index (χ1v) is 6.06. The fourth-order valence-electron chi connectivity index (χ4n) is 1.66. The summed E-state index contributed by atoms with van der Waals surface area (Å²) in [6, 6.07) is 11.3. The van der Waals surface area contributed by atoms with Crippen LogP contribution < -0.4 is 10.4 Å². The standard InChI is InChI=1S/C14H15N4O/c1-3-18(17-11(2)19)13-9-10-15-14(16-13)12-7-5-4-6-8-12/h4-9H,3H2,1-2H3,(H,17,19). The Morgan fingerprint density at radius 3 is 2.74 bits per heavy atom. The zero-order chi connectivity index (χ0) is 13.7. The van der Waals surface area contributed by atoms with E-state index in [9.17, 15) is 4.79 Å². The maximum absolute atomic E-state index is 11.1. The van der Waals surface area contributed by atoms with E-state index in [1.165, 1.54) is 6.92 Å². The third kappa shape index (κ3) is 3.28. The normalized spacial score (nSPS) is 10.0. The van der Waals surface area contributed by atoms with Crippen LogP contribution >= 0.6 is 0 Å². The van der Waals surface area contributed by atoms with Crippen LogP contribution in [0.5, 0.6) is 0 Å². The summed E-state index contributed by atoms with van der Waals surface area (Å²) in [4.78, 5) is 19.7. The highest BCUT2D eigenvalue weighted by Crippen LogP contribution is 2.16. The fourth-order valence-corrected chi connectivity index (χ4v) is 1.66. The lowest BCUT2D eigenvalue weighted by Gasteiger charge is -2.21. The molecular formula is C14H15N4O. The van der Waals surface area contributed by atoms with E-state index in [0.29, 0.717) is 18.2 Å². The highest BCUT2D eigenvalue weighted by Gasteiger charge is 2.09. The van der Waals surface area contributed by atoms with Gasteiger partial charge in [-0.3, -0.25) is 15.2 Å². The second kappa shape index (κ2) is 5.95. The molecule has 5 heteroatoms. The average Bonchev–Trinajstić information content (AvgIpc) is 2.45. The van der Waals surface area contributed by atoms with Crippen molar-refractivity contribution in [3.8, 4) is 11.4 Å². The van der Waals surface area contributed by atoms with E-state index in [1.54, 1.807) is 11.1 Å². The van der Waals surface area contributed by atoms with Gasteiger partial charge in [0.2, 0.25) is 5.91 Å². The van der Waals surface area contributed by atoms with Crippen LogP contribution in [0.3, 0.4) is 0 Å². The first kappa shape index (κ1) is 13.0. The minimum absolute atomic E-state index is 0.137. The van der Waals surface area contributed by atoms with Crippen LogP contribution in [0.4, 0.5) is 5.82 Å². The van der Waals surface area contributed by atoms with E-state index < -0.39 is 0 Å². The van der Waals surface area contributed by atoms with Gasteiger partial charge in [0.15, 0.2) is 11.6 Å². The molecule has 1 aromatic heterocycles. The summed E-state index contributed by atoms with van der Waals surface area (Å²) in [5.74, 6) is 1.06. The second-order valence-electron chi connectivity index (χ2n) is 3.96. The van der Waals surface area contributed by atoms with Gasteiger partial charge in [0.05, 0.1) is 6.20 Å². The molecule has 0 aliphatic heterocycles. The highest BCUT2D eigenvalue weighted by atomic mass is 16.2. The number of nitrogens with one attached hydrogen (secondary N) is 1. The number of benzene rings is 1. The Morgan fingerprint density at radius 1 is 1.37 bits per heavy atom. The zero-order valence-electron chi connectivity index (χ0n) is 10.9. The molecule has 0 spiro atoms. The molecule has 1 amide bonds. The van der Waals surface area contributed by atoms with E-state index in [0.717, 1.165) is 5.56 Å². The van der Waals surface area contributed by atoms with Crippen LogP contribution in [0.15, 0.2) is 36.4 Å². The van der Waals surface area contributed by atoms with Crippen LogP contribution in [-0.2, 0) is 4.79 Å². The molecule has 19 heavy (non-hydrogen) atoms. The van der Waals surface area contributed by atoms with Crippen molar-refractivity contribution in [2.45, 2.75) is 13.8 Å². The molecule has 97 valence electrons. The van der Waals surface area contributed by atoms with Gasteiger partial charge in [0.1, 0.15) is 0 Å². The molecule has 0 atom stereocenters. The number of hydrogen-bond donors (Lipinski definition) is 1. The topological polar surface area (TPSA) is 58.1 Å². The van der Waals surface area contributed by atoms with Crippen molar-refractivity contribution in [2.24, 2.45) is 0 Å². The molecule has 0 fully saturated rings. The monoisotopic (exact) mass is 255 g/mol. The Hall–Kier alpha value is -2.43. The Bertz CT molecular complexity index is 556. The van der Waals surface area contributed by atoms with E-state index in [2.05, 4.69) is 21.6 Å². The van der Waals surface area contributed by atoms with Crippen LogP contribution in [0.2, 0.25) is 0 Å². The van der Waals surface area contributed by atoms with Crippen LogP contribution in [0.25, 0.3) is 11.4 Å². The quantitative estimate of drug-likeness (QED) is 0.847. The number of nitrogens with zero attached hydrogens (tertiary/aromatic N) is 3. The third-order valence-electron chi connectivity index (χ3n) is 2.50. The van der Waals surface area contributed by atoms with Gasteiger partial charge in [0.25, 0.3) is 0 Å². The largest absolute Gasteiger partial charge is 0.274 e. The summed E-state index contributed by atoms with van der Waals surface area (Å²) in [6.45, 7) is 4.00. The molecular weight excluding hydrogens is 240 g/mol. The minimum Gasteiger partial charge on any atom is -0.274 e. The lowest BCUT2D eigenvalue weighted by atomic mass is 10.2. The highest BCUT2D eigenvalue weighted by molar-refractivity contribution is 5.74. The van der Waals surface area contributed by atoms with Crippen molar-refractivity contribution in [1.29, 1.82) is 0 Å². The maximum atomic E-state index is 11.1. The van der Waals surface area contributed by atoms with Gasteiger partial charge in [-0.1, -0.05) is 30.3 Å². The van der Waals surface area contributed by atoms with Crippen molar-refractivity contribution in [3.05, 3.63) is 42.6 Å². The molecule has 1 aromatic carbocycles. The molecule has 5 nitrogen and oxygen atoms in total. The van der Waals surface area contributed by atoms with Crippen molar-refractivity contribution < 1.29 is 4.79 Å². The van der Waals surface area contributed by atoms with Crippen LogP contribution in [0.1, 0.15) is 13.8 Å². The second-order valence-corrected chi connectivity index (χ2v) is 3.96. The number of carbonyl (C=O) groups is 1. The smallest absolute Gasteiger partial charge is 0.235 e. The zero-order valence-corrected chi connectivity index (χ0v) is 10.9. The summed E-state index contributed by atoms with van der Waals surface area (Å²) in [5.41, 5.74) is 3.62. The number of amides is 1. The lowest BCUT2D eigenvalue weighted by Crippen LogP contribution is -2.41. The van der Waals surface area contributed by atoms with Crippen molar-refractivity contribution in [1.82, 2.24) is 15.4 Å². The first-order valence-electron chi connectivity index (χ1n) is 6.06. The Kier molecular flexibility index (Phi) is 4.07. The van der Waals surface area contributed by atoms with Crippen LogP contribution in [0, 0.1) is 6.20 Å². The van der Waals surface area contributed by atoms with E-state index in [1.807, 2.05) is 37.3 Å². The summed E-state index contributed by atoms with van der Waals surface area (Å²) in [5, 5.41) is 1.66. The van der Waals surface area contributed by atoms with Gasteiger partial charge in [-0.25, -0.2) is 9.97 Å². The molecule has 1 radical (unpaired) electrons. The van der Waals surface area contributed by atoms with Crippen LogP contribution in [-0.4, -0.2) is 22.4 Å². The number of anilines is 1. The first-order chi connectivity index (χ1) is 9.20. The fraction of sp³-hybridized carbons (Fsp3) is 0.214. The van der Waals surface area contributed by atoms with Gasteiger partial charge < -0.3 is 0 Å². The molecule has 2 aromatic rings. The van der Waals surface area contributed by atoms with E-state index in [4.69, 9.17) is 0 Å². The predicted octanol–water partition coefficient (Wildman–Crippen LogP) is 1.82. The Balaban J connectivity index is 2.31.